The van der Waals surface area contributed by atoms with Gasteiger partial charge in [-0.25, -0.2) is 0 Å². The fourth-order valence-electron chi connectivity index (χ4n) is 3.15. The Balaban J connectivity index is 1.34. The van der Waals surface area contributed by atoms with Gasteiger partial charge >= 0.3 is 5.97 Å². The Labute approximate surface area is 214 Å². The molecule has 0 aliphatic rings. The first-order valence-corrected chi connectivity index (χ1v) is 11.6. The molecule has 0 atom stereocenters. The number of methoxy groups -OCH3 is 1. The summed E-state index contributed by atoms with van der Waals surface area (Å²) < 4.78 is 15.9. The van der Waals surface area contributed by atoms with Crippen LogP contribution in [0.4, 0.5) is 11.4 Å². The number of benzene rings is 3. The summed E-state index contributed by atoms with van der Waals surface area (Å²) >= 11 is 6.03. The number of carbonyl (C=O) groups excluding carboxylic acids is 3. The molecule has 0 aliphatic heterocycles. The topological polar surface area (TPSA) is 103 Å². The van der Waals surface area contributed by atoms with Gasteiger partial charge in [-0.1, -0.05) is 17.7 Å². The first-order chi connectivity index (χ1) is 17.3. The highest BCUT2D eigenvalue weighted by Crippen LogP contribution is 2.25. The molecule has 188 valence electrons. The maximum atomic E-state index is 12.2. The lowest BCUT2D eigenvalue weighted by Crippen LogP contribution is -2.21. The SMILES string of the molecule is COc1ccc(Oc2ccc(NC(=O)CCCC(=O)OCC(=O)Nc3cccc(Cl)c3C)cc2)cc1. The van der Waals surface area contributed by atoms with Gasteiger partial charge in [0.2, 0.25) is 5.91 Å². The summed E-state index contributed by atoms with van der Waals surface area (Å²) in [6.45, 7) is 1.36. The van der Waals surface area contributed by atoms with Crippen molar-refractivity contribution in [1.29, 1.82) is 0 Å². The number of carbonyl (C=O) groups is 3. The maximum absolute atomic E-state index is 12.2. The second kappa shape index (κ2) is 13.2. The molecular formula is C27H27ClN2O6. The molecule has 9 heteroatoms. The van der Waals surface area contributed by atoms with Crippen molar-refractivity contribution in [1.82, 2.24) is 0 Å². The van der Waals surface area contributed by atoms with Gasteiger partial charge in [0, 0.05) is 29.2 Å². The monoisotopic (exact) mass is 510 g/mol. The van der Waals surface area contributed by atoms with Crippen LogP contribution in [0.25, 0.3) is 0 Å². The molecule has 2 N–H and O–H groups in total. The fraction of sp³-hybridized carbons (Fsp3) is 0.222. The summed E-state index contributed by atoms with van der Waals surface area (Å²) in [6.07, 6.45) is 0.441. The molecule has 0 radical (unpaired) electrons. The molecule has 3 aromatic carbocycles. The van der Waals surface area contributed by atoms with E-state index in [1.54, 1.807) is 80.8 Å². The molecule has 3 rings (SSSR count). The van der Waals surface area contributed by atoms with Crippen molar-refractivity contribution in [3.05, 3.63) is 77.3 Å². The molecule has 0 saturated carbocycles. The van der Waals surface area contributed by atoms with Crippen LogP contribution in [0, 0.1) is 6.92 Å². The number of amides is 2. The van der Waals surface area contributed by atoms with Gasteiger partial charge in [0.05, 0.1) is 7.11 Å². The van der Waals surface area contributed by atoms with Crippen LogP contribution < -0.4 is 20.1 Å². The molecule has 0 aliphatic carbocycles. The summed E-state index contributed by atoms with van der Waals surface area (Å²) in [4.78, 5) is 36.1. The number of nitrogens with one attached hydrogen (secondary N) is 2. The minimum absolute atomic E-state index is 0.0194. The number of hydrogen-bond donors (Lipinski definition) is 2. The standard InChI is InChI=1S/C27H27ClN2O6/c1-18-23(28)5-3-6-24(18)30-26(32)17-35-27(33)8-4-7-25(31)29-19-9-11-21(12-10-19)36-22-15-13-20(34-2)14-16-22/h3,5-6,9-16H,4,7-8,17H2,1-2H3,(H,29,31)(H,30,32). The molecular weight excluding hydrogens is 484 g/mol. The highest BCUT2D eigenvalue weighted by atomic mass is 35.5. The van der Waals surface area contributed by atoms with Gasteiger partial charge < -0.3 is 24.8 Å². The molecule has 0 unspecified atom stereocenters. The number of anilines is 2. The van der Waals surface area contributed by atoms with E-state index >= 15 is 0 Å². The predicted octanol–water partition coefficient (Wildman–Crippen LogP) is 5.74. The van der Waals surface area contributed by atoms with Crippen LogP contribution in [-0.2, 0) is 19.1 Å². The van der Waals surface area contributed by atoms with E-state index < -0.39 is 18.5 Å². The predicted molar refractivity (Wildman–Crippen MR) is 138 cm³/mol. The van der Waals surface area contributed by atoms with Crippen molar-refractivity contribution in [2.24, 2.45) is 0 Å². The van der Waals surface area contributed by atoms with Crippen molar-refractivity contribution in [2.45, 2.75) is 26.2 Å². The summed E-state index contributed by atoms with van der Waals surface area (Å²) in [6, 6.07) is 19.3. The van der Waals surface area contributed by atoms with Crippen LogP contribution in [-0.4, -0.2) is 31.5 Å². The van der Waals surface area contributed by atoms with Crippen LogP contribution in [0.3, 0.4) is 0 Å². The Morgan fingerprint density at radius 2 is 1.44 bits per heavy atom. The molecule has 0 saturated heterocycles. The summed E-state index contributed by atoms with van der Waals surface area (Å²) in [5.74, 6) is 0.766. The smallest absolute Gasteiger partial charge is 0.306 e. The normalized spacial score (nSPS) is 10.3. The lowest BCUT2D eigenvalue weighted by molar-refractivity contribution is -0.147. The first kappa shape index (κ1) is 26.6. The van der Waals surface area contributed by atoms with Gasteiger partial charge in [-0.3, -0.25) is 14.4 Å². The van der Waals surface area contributed by atoms with Crippen LogP contribution >= 0.6 is 11.6 Å². The lowest BCUT2D eigenvalue weighted by atomic mass is 10.2. The van der Waals surface area contributed by atoms with Gasteiger partial charge in [-0.15, -0.1) is 0 Å². The van der Waals surface area contributed by atoms with Gasteiger partial charge in [-0.05, 0) is 79.6 Å². The molecule has 3 aromatic rings. The third-order valence-corrected chi connectivity index (χ3v) is 5.53. The van der Waals surface area contributed by atoms with E-state index in [0.29, 0.717) is 34.3 Å². The van der Waals surface area contributed by atoms with Gasteiger partial charge in [0.1, 0.15) is 17.2 Å². The number of rotatable bonds is 11. The Kier molecular flexibility index (Phi) is 9.71. The number of esters is 1. The Morgan fingerprint density at radius 1 is 0.806 bits per heavy atom. The van der Waals surface area contributed by atoms with Crippen LogP contribution in [0.2, 0.25) is 5.02 Å². The average Bonchev–Trinajstić information content (AvgIpc) is 2.87. The van der Waals surface area contributed by atoms with Crippen molar-refractivity contribution in [3.8, 4) is 17.2 Å². The van der Waals surface area contributed by atoms with E-state index in [-0.39, 0.29) is 18.7 Å². The molecule has 0 fully saturated rings. The van der Waals surface area contributed by atoms with E-state index in [9.17, 15) is 14.4 Å². The maximum Gasteiger partial charge on any atom is 0.306 e. The fourth-order valence-corrected chi connectivity index (χ4v) is 3.32. The molecule has 0 aromatic heterocycles. The van der Waals surface area contributed by atoms with Gasteiger partial charge in [0.25, 0.3) is 5.91 Å². The Hall–Kier alpha value is -4.04. The largest absolute Gasteiger partial charge is 0.497 e. The molecule has 2 amide bonds. The van der Waals surface area contributed by atoms with Crippen molar-refractivity contribution >= 4 is 40.8 Å². The zero-order valence-electron chi connectivity index (χ0n) is 20.0. The second-order valence-corrected chi connectivity index (χ2v) is 8.23. The number of ether oxygens (including phenoxy) is 3. The summed E-state index contributed by atoms with van der Waals surface area (Å²) in [5, 5.41) is 5.95. The third-order valence-electron chi connectivity index (χ3n) is 5.12. The summed E-state index contributed by atoms with van der Waals surface area (Å²) in [5.41, 5.74) is 1.89. The van der Waals surface area contributed by atoms with Gasteiger partial charge in [-0.2, -0.15) is 0 Å². The average molecular weight is 511 g/mol. The van der Waals surface area contributed by atoms with Gasteiger partial charge in [0.15, 0.2) is 6.61 Å². The molecule has 0 spiro atoms. The quantitative estimate of drug-likeness (QED) is 0.319. The minimum Gasteiger partial charge on any atom is -0.497 e. The van der Waals surface area contributed by atoms with E-state index in [0.717, 1.165) is 11.3 Å². The highest BCUT2D eigenvalue weighted by molar-refractivity contribution is 6.31. The Bertz CT molecular complexity index is 1200. The van der Waals surface area contributed by atoms with Crippen molar-refractivity contribution in [3.63, 3.8) is 0 Å². The van der Waals surface area contributed by atoms with E-state index in [4.69, 9.17) is 25.8 Å². The zero-order chi connectivity index (χ0) is 25.9. The minimum atomic E-state index is -0.555. The first-order valence-electron chi connectivity index (χ1n) is 11.3. The third kappa shape index (κ3) is 8.32. The number of halogens is 1. The molecule has 8 nitrogen and oxygen atoms in total. The second-order valence-electron chi connectivity index (χ2n) is 7.82. The zero-order valence-corrected chi connectivity index (χ0v) is 20.8. The molecule has 0 heterocycles. The Morgan fingerprint density at radius 3 is 2.11 bits per heavy atom. The van der Waals surface area contributed by atoms with Crippen LogP contribution in [0.5, 0.6) is 17.2 Å². The molecule has 36 heavy (non-hydrogen) atoms. The van der Waals surface area contributed by atoms with E-state index in [1.807, 2.05) is 0 Å². The van der Waals surface area contributed by atoms with Crippen LogP contribution in [0.1, 0.15) is 24.8 Å². The van der Waals surface area contributed by atoms with Crippen molar-refractivity contribution in [2.75, 3.05) is 24.4 Å². The summed E-state index contributed by atoms with van der Waals surface area (Å²) in [7, 11) is 1.60. The highest BCUT2D eigenvalue weighted by Gasteiger charge is 2.11. The van der Waals surface area contributed by atoms with Crippen molar-refractivity contribution < 1.29 is 28.6 Å². The number of hydrogen-bond acceptors (Lipinski definition) is 6. The van der Waals surface area contributed by atoms with E-state index in [1.165, 1.54) is 0 Å². The lowest BCUT2D eigenvalue weighted by Gasteiger charge is -2.10. The van der Waals surface area contributed by atoms with E-state index in [2.05, 4.69) is 10.6 Å². The molecule has 0 bridgehead atoms. The van der Waals surface area contributed by atoms with Crippen LogP contribution in [0.15, 0.2) is 66.7 Å².